The number of aryl methyl sites for hydroxylation is 1. The van der Waals surface area contributed by atoms with E-state index in [0.717, 1.165) is 24.5 Å². The van der Waals surface area contributed by atoms with Crippen molar-refractivity contribution in [1.29, 1.82) is 0 Å². The number of nitrogens with one attached hydrogen (secondary N) is 1. The van der Waals surface area contributed by atoms with E-state index < -0.39 is 10.0 Å². The molecular weight excluding hydrogens is 368 g/mol. The average molecular weight is 388 g/mol. The number of sulfonamides is 1. The SMILES string of the molecule is Cn1ccn(C[NH+]2CCN(S(=O)(=O)c3cccc(Cl)c3)CC2)c1=S. The highest BCUT2D eigenvalue weighted by molar-refractivity contribution is 7.89. The fourth-order valence-electron chi connectivity index (χ4n) is 2.85. The highest BCUT2D eigenvalue weighted by Crippen LogP contribution is 2.19. The molecular formula is C15H20ClN4O2S2+. The van der Waals surface area contributed by atoms with Crippen LogP contribution in [-0.4, -0.2) is 48.0 Å². The second-order valence-corrected chi connectivity index (χ2v) is 8.67. The van der Waals surface area contributed by atoms with Gasteiger partial charge in [-0.1, -0.05) is 17.7 Å². The van der Waals surface area contributed by atoms with Crippen molar-refractivity contribution in [3.8, 4) is 0 Å². The van der Waals surface area contributed by atoms with E-state index >= 15 is 0 Å². The predicted octanol–water partition coefficient (Wildman–Crippen LogP) is 0.756. The van der Waals surface area contributed by atoms with Gasteiger partial charge in [-0.05, 0) is 30.4 Å². The first-order chi connectivity index (χ1) is 11.4. The average Bonchev–Trinajstić information content (AvgIpc) is 2.87. The molecule has 1 aliphatic heterocycles. The molecule has 0 spiro atoms. The van der Waals surface area contributed by atoms with Crippen LogP contribution >= 0.6 is 23.8 Å². The molecule has 24 heavy (non-hydrogen) atoms. The fourth-order valence-corrected chi connectivity index (χ4v) is 4.78. The molecule has 9 heteroatoms. The van der Waals surface area contributed by atoms with Crippen molar-refractivity contribution in [3.05, 3.63) is 46.5 Å². The van der Waals surface area contributed by atoms with E-state index in [1.165, 1.54) is 15.3 Å². The summed E-state index contributed by atoms with van der Waals surface area (Å²) >= 11 is 11.3. The van der Waals surface area contributed by atoms with E-state index in [-0.39, 0.29) is 4.90 Å². The number of imidazole rings is 1. The second kappa shape index (κ2) is 6.97. The van der Waals surface area contributed by atoms with Gasteiger partial charge < -0.3 is 9.47 Å². The van der Waals surface area contributed by atoms with Crippen molar-refractivity contribution >= 4 is 33.8 Å². The minimum Gasteiger partial charge on any atom is -0.327 e. The van der Waals surface area contributed by atoms with Crippen molar-refractivity contribution in [3.63, 3.8) is 0 Å². The van der Waals surface area contributed by atoms with Crippen LogP contribution < -0.4 is 4.90 Å². The molecule has 0 saturated carbocycles. The number of quaternary nitrogens is 1. The summed E-state index contributed by atoms with van der Waals surface area (Å²) in [7, 11) is -1.56. The lowest BCUT2D eigenvalue weighted by molar-refractivity contribution is -0.926. The van der Waals surface area contributed by atoms with Gasteiger partial charge in [0.25, 0.3) is 0 Å². The summed E-state index contributed by atoms with van der Waals surface area (Å²) in [6.07, 6.45) is 3.89. The number of aromatic nitrogens is 2. The van der Waals surface area contributed by atoms with Crippen molar-refractivity contribution < 1.29 is 13.3 Å². The normalized spacial score (nSPS) is 17.2. The van der Waals surface area contributed by atoms with Crippen LogP contribution in [0.2, 0.25) is 5.02 Å². The summed E-state index contributed by atoms with van der Waals surface area (Å²) in [6, 6.07) is 6.42. The topological polar surface area (TPSA) is 51.7 Å². The van der Waals surface area contributed by atoms with Gasteiger partial charge in [0.15, 0.2) is 11.4 Å². The largest absolute Gasteiger partial charge is 0.327 e. The standard InChI is InChI=1S/C15H19ClN4O2S2/c1-17-5-8-19(15(17)23)12-18-6-9-20(10-7-18)24(21,22)14-4-2-3-13(16)11-14/h2-5,8,11H,6-7,9-10,12H2,1H3/p+1. The number of hydrogen-bond acceptors (Lipinski definition) is 3. The molecule has 3 rings (SSSR count). The zero-order valence-electron chi connectivity index (χ0n) is 13.4. The summed E-state index contributed by atoms with van der Waals surface area (Å²) in [5.41, 5.74) is 0. The van der Waals surface area contributed by atoms with Crippen molar-refractivity contribution in [1.82, 2.24) is 13.4 Å². The van der Waals surface area contributed by atoms with Gasteiger partial charge in [-0.15, -0.1) is 0 Å². The molecule has 0 amide bonds. The van der Waals surface area contributed by atoms with Crippen molar-refractivity contribution in [2.24, 2.45) is 7.05 Å². The van der Waals surface area contributed by atoms with E-state index in [9.17, 15) is 8.42 Å². The smallest absolute Gasteiger partial charge is 0.243 e. The third kappa shape index (κ3) is 3.57. The van der Waals surface area contributed by atoms with Gasteiger partial charge in [-0.3, -0.25) is 4.57 Å². The zero-order chi connectivity index (χ0) is 17.3. The number of benzene rings is 1. The molecule has 1 N–H and O–H groups in total. The van der Waals surface area contributed by atoms with Crippen LogP contribution in [0.3, 0.4) is 0 Å². The highest BCUT2D eigenvalue weighted by Gasteiger charge is 2.30. The summed E-state index contributed by atoms with van der Waals surface area (Å²) in [6.45, 7) is 3.23. The molecule has 0 aliphatic carbocycles. The first-order valence-corrected chi connectivity index (χ1v) is 9.91. The summed E-state index contributed by atoms with van der Waals surface area (Å²) in [5, 5.41) is 0.429. The first kappa shape index (κ1) is 17.6. The Kier molecular flexibility index (Phi) is 5.12. The molecule has 1 aliphatic rings. The van der Waals surface area contributed by atoms with E-state index in [2.05, 4.69) is 0 Å². The molecule has 0 atom stereocenters. The van der Waals surface area contributed by atoms with E-state index in [0.29, 0.717) is 18.1 Å². The minimum absolute atomic E-state index is 0.253. The van der Waals surface area contributed by atoms with Gasteiger partial charge in [0.05, 0.1) is 31.1 Å². The molecule has 1 saturated heterocycles. The molecule has 130 valence electrons. The Balaban J connectivity index is 1.66. The van der Waals surface area contributed by atoms with Crippen LogP contribution in [0.1, 0.15) is 0 Å². The van der Waals surface area contributed by atoms with Gasteiger partial charge in [-0.2, -0.15) is 4.31 Å². The van der Waals surface area contributed by atoms with Gasteiger partial charge in [0.1, 0.15) is 0 Å². The Morgan fingerprint density at radius 1 is 1.25 bits per heavy atom. The number of halogens is 1. The molecule has 0 unspecified atom stereocenters. The van der Waals surface area contributed by atoms with Crippen LogP contribution in [-0.2, 0) is 23.7 Å². The maximum absolute atomic E-state index is 12.7. The van der Waals surface area contributed by atoms with Gasteiger partial charge in [-0.25, -0.2) is 8.42 Å². The lowest BCUT2D eigenvalue weighted by atomic mass is 10.4. The van der Waals surface area contributed by atoms with Crippen LogP contribution in [0, 0.1) is 4.77 Å². The Labute approximate surface area is 151 Å². The molecule has 1 fully saturated rings. The Bertz CT molecular complexity index is 883. The maximum Gasteiger partial charge on any atom is 0.243 e. The minimum atomic E-state index is -3.48. The van der Waals surface area contributed by atoms with Crippen LogP contribution in [0.5, 0.6) is 0 Å². The number of hydrogen-bond donors (Lipinski definition) is 1. The predicted molar refractivity (Wildman–Crippen MR) is 95.1 cm³/mol. The molecule has 1 aromatic carbocycles. The Morgan fingerprint density at radius 3 is 2.54 bits per heavy atom. The Hall–Kier alpha value is -1.19. The maximum atomic E-state index is 12.7. The summed E-state index contributed by atoms with van der Waals surface area (Å²) in [4.78, 5) is 1.57. The molecule has 0 bridgehead atoms. The lowest BCUT2D eigenvalue weighted by Gasteiger charge is -2.31. The number of rotatable bonds is 4. The monoisotopic (exact) mass is 387 g/mol. The molecule has 2 heterocycles. The van der Waals surface area contributed by atoms with Crippen LogP contribution in [0.15, 0.2) is 41.6 Å². The zero-order valence-corrected chi connectivity index (χ0v) is 15.7. The highest BCUT2D eigenvalue weighted by atomic mass is 35.5. The van der Waals surface area contributed by atoms with Crippen LogP contribution in [0.25, 0.3) is 0 Å². The van der Waals surface area contributed by atoms with Crippen molar-refractivity contribution in [2.45, 2.75) is 11.6 Å². The van der Waals surface area contributed by atoms with Gasteiger partial charge in [0.2, 0.25) is 10.0 Å². The molecule has 1 aromatic heterocycles. The summed E-state index contributed by atoms with van der Waals surface area (Å²) in [5.74, 6) is 0. The third-order valence-corrected chi connectivity index (χ3v) is 6.93. The fraction of sp³-hybridized carbons (Fsp3) is 0.400. The lowest BCUT2D eigenvalue weighted by Crippen LogP contribution is -3.14. The van der Waals surface area contributed by atoms with Gasteiger partial charge >= 0.3 is 0 Å². The molecule has 2 aromatic rings. The molecule has 6 nitrogen and oxygen atoms in total. The van der Waals surface area contributed by atoms with Crippen LogP contribution in [0.4, 0.5) is 0 Å². The van der Waals surface area contributed by atoms with E-state index in [4.69, 9.17) is 23.8 Å². The van der Waals surface area contributed by atoms with E-state index in [1.807, 2.05) is 28.6 Å². The number of piperazine rings is 1. The quantitative estimate of drug-likeness (QED) is 0.788. The Morgan fingerprint density at radius 2 is 1.96 bits per heavy atom. The third-order valence-electron chi connectivity index (χ3n) is 4.27. The van der Waals surface area contributed by atoms with E-state index in [1.54, 1.807) is 18.2 Å². The van der Waals surface area contributed by atoms with Gasteiger partial charge in [0, 0.05) is 24.5 Å². The first-order valence-electron chi connectivity index (χ1n) is 7.69. The summed E-state index contributed by atoms with van der Waals surface area (Å²) < 4.78 is 31.6. The van der Waals surface area contributed by atoms with Crippen molar-refractivity contribution in [2.75, 3.05) is 26.2 Å². The number of nitrogens with zero attached hydrogens (tertiary/aromatic N) is 3. The second-order valence-electron chi connectivity index (χ2n) is 5.93. The molecule has 0 radical (unpaired) electrons.